The molecule has 0 saturated carbocycles. The van der Waals surface area contributed by atoms with Crippen molar-refractivity contribution in [3.05, 3.63) is 41.6 Å². The summed E-state index contributed by atoms with van der Waals surface area (Å²) in [6.45, 7) is 4.06. The molecule has 0 amide bonds. The number of pyridine rings is 1. The number of aromatic nitrogens is 2. The van der Waals surface area contributed by atoms with Gasteiger partial charge in [-0.3, -0.25) is 0 Å². The molecule has 0 bridgehead atoms. The van der Waals surface area contributed by atoms with E-state index in [-0.39, 0.29) is 0 Å². The van der Waals surface area contributed by atoms with Gasteiger partial charge in [-0.15, -0.1) is 0 Å². The normalized spacial score (nSPS) is 11.0. The van der Waals surface area contributed by atoms with Crippen molar-refractivity contribution in [2.75, 3.05) is 5.73 Å². The lowest BCUT2D eigenvalue weighted by Gasteiger charge is -1.95. The Morgan fingerprint density at radius 3 is 2.72 bits per heavy atom. The van der Waals surface area contributed by atoms with Crippen molar-refractivity contribution < 1.29 is 4.42 Å². The molecule has 3 rings (SSSR count). The Balaban J connectivity index is 2.19. The number of anilines is 1. The first-order valence-electron chi connectivity index (χ1n) is 5.73. The van der Waals surface area contributed by atoms with Gasteiger partial charge in [0.1, 0.15) is 11.2 Å². The largest absolute Gasteiger partial charge is 0.434 e. The highest BCUT2D eigenvalue weighted by molar-refractivity contribution is 5.79. The van der Waals surface area contributed by atoms with Crippen LogP contribution in [-0.2, 0) is 0 Å². The van der Waals surface area contributed by atoms with Crippen LogP contribution >= 0.6 is 0 Å². The number of fused-ring (bicyclic) bond motifs is 1. The van der Waals surface area contributed by atoms with Crippen molar-refractivity contribution in [3.8, 4) is 11.6 Å². The van der Waals surface area contributed by atoms with Crippen molar-refractivity contribution in [1.82, 2.24) is 9.97 Å². The number of hydrogen-bond donors (Lipinski definition) is 1. The minimum atomic E-state index is 0.527. The first kappa shape index (κ1) is 10.8. The molecule has 90 valence electrons. The van der Waals surface area contributed by atoms with Gasteiger partial charge in [-0.25, -0.2) is 9.97 Å². The molecule has 2 N–H and O–H groups in total. The topological polar surface area (TPSA) is 64.9 Å². The van der Waals surface area contributed by atoms with Gasteiger partial charge in [-0.1, -0.05) is 6.07 Å². The maximum Gasteiger partial charge on any atom is 0.246 e. The smallest absolute Gasteiger partial charge is 0.246 e. The molecule has 0 aliphatic heterocycles. The van der Waals surface area contributed by atoms with Crippen LogP contribution in [0.2, 0.25) is 0 Å². The molecule has 2 aromatic heterocycles. The fraction of sp³-hybridized carbons (Fsp3) is 0.143. The zero-order valence-electron chi connectivity index (χ0n) is 10.3. The number of hydrogen-bond acceptors (Lipinski definition) is 4. The van der Waals surface area contributed by atoms with E-state index in [2.05, 4.69) is 16.0 Å². The summed E-state index contributed by atoms with van der Waals surface area (Å²) < 4.78 is 5.77. The first-order chi connectivity index (χ1) is 8.63. The third-order valence-electron chi connectivity index (χ3n) is 2.83. The molecule has 0 aliphatic rings. The number of nitrogens with zero attached hydrogens (tertiary/aromatic N) is 2. The summed E-state index contributed by atoms with van der Waals surface area (Å²) in [5.74, 6) is 0.527. The maximum atomic E-state index is 5.77. The minimum absolute atomic E-state index is 0.527. The quantitative estimate of drug-likeness (QED) is 0.708. The SMILES string of the molecule is Cc1cc(C)c2oc(-c3ccc(N)cn3)nc2c1. The summed E-state index contributed by atoms with van der Waals surface area (Å²) in [6.07, 6.45) is 1.60. The summed E-state index contributed by atoms with van der Waals surface area (Å²) in [4.78, 5) is 8.68. The molecule has 0 fully saturated rings. The van der Waals surface area contributed by atoms with Gasteiger partial charge in [-0.2, -0.15) is 0 Å². The van der Waals surface area contributed by atoms with E-state index < -0.39 is 0 Å². The Morgan fingerprint density at radius 2 is 2.00 bits per heavy atom. The second kappa shape index (κ2) is 3.84. The zero-order chi connectivity index (χ0) is 12.7. The van der Waals surface area contributed by atoms with E-state index in [9.17, 15) is 0 Å². The molecule has 2 heterocycles. The molecular weight excluding hydrogens is 226 g/mol. The number of nitrogen functional groups attached to an aromatic ring is 1. The van der Waals surface area contributed by atoms with E-state index in [1.807, 2.05) is 26.0 Å². The van der Waals surface area contributed by atoms with Crippen LogP contribution in [0.1, 0.15) is 11.1 Å². The third-order valence-corrected chi connectivity index (χ3v) is 2.83. The number of aryl methyl sites for hydroxylation is 2. The lowest BCUT2D eigenvalue weighted by Crippen LogP contribution is -1.87. The molecular formula is C14H13N3O. The molecule has 18 heavy (non-hydrogen) atoms. The summed E-state index contributed by atoms with van der Waals surface area (Å²) in [7, 11) is 0. The van der Waals surface area contributed by atoms with Crippen molar-refractivity contribution in [3.63, 3.8) is 0 Å². The van der Waals surface area contributed by atoms with E-state index in [1.165, 1.54) is 5.56 Å². The monoisotopic (exact) mass is 239 g/mol. The van der Waals surface area contributed by atoms with Gasteiger partial charge in [0, 0.05) is 0 Å². The summed E-state index contributed by atoms with van der Waals surface area (Å²) in [5, 5.41) is 0. The highest BCUT2D eigenvalue weighted by atomic mass is 16.3. The van der Waals surface area contributed by atoms with Crippen LogP contribution in [0, 0.1) is 13.8 Å². The van der Waals surface area contributed by atoms with Gasteiger partial charge < -0.3 is 10.2 Å². The fourth-order valence-corrected chi connectivity index (χ4v) is 2.02. The van der Waals surface area contributed by atoms with Crippen LogP contribution in [0.4, 0.5) is 5.69 Å². The van der Waals surface area contributed by atoms with E-state index in [1.54, 1.807) is 12.3 Å². The van der Waals surface area contributed by atoms with Gasteiger partial charge in [0.15, 0.2) is 5.58 Å². The standard InChI is InChI=1S/C14H13N3O/c1-8-5-9(2)13-12(6-8)17-14(18-13)11-4-3-10(15)7-16-11/h3-7H,15H2,1-2H3. The molecule has 0 aliphatic carbocycles. The lowest BCUT2D eigenvalue weighted by molar-refractivity contribution is 0.614. The molecule has 0 saturated heterocycles. The number of oxazole rings is 1. The zero-order valence-corrected chi connectivity index (χ0v) is 10.3. The Morgan fingerprint density at radius 1 is 1.17 bits per heavy atom. The van der Waals surface area contributed by atoms with Crippen molar-refractivity contribution in [2.24, 2.45) is 0 Å². The van der Waals surface area contributed by atoms with Crippen molar-refractivity contribution in [1.29, 1.82) is 0 Å². The van der Waals surface area contributed by atoms with Gasteiger partial charge in [0.25, 0.3) is 0 Å². The van der Waals surface area contributed by atoms with Gasteiger partial charge in [0.2, 0.25) is 5.89 Å². The van der Waals surface area contributed by atoms with Crippen molar-refractivity contribution in [2.45, 2.75) is 13.8 Å². The van der Waals surface area contributed by atoms with E-state index in [4.69, 9.17) is 10.2 Å². The van der Waals surface area contributed by atoms with E-state index in [0.29, 0.717) is 17.3 Å². The Bertz CT molecular complexity index is 714. The maximum absolute atomic E-state index is 5.77. The molecule has 4 heteroatoms. The molecule has 1 aromatic carbocycles. The fourth-order valence-electron chi connectivity index (χ4n) is 2.02. The number of benzene rings is 1. The predicted molar refractivity (Wildman–Crippen MR) is 71.1 cm³/mol. The summed E-state index contributed by atoms with van der Waals surface area (Å²) in [5.41, 5.74) is 10.9. The Labute approximate surface area is 104 Å². The number of nitrogens with two attached hydrogens (primary N) is 1. The lowest BCUT2D eigenvalue weighted by atomic mass is 10.1. The molecule has 4 nitrogen and oxygen atoms in total. The third kappa shape index (κ3) is 1.72. The van der Waals surface area contributed by atoms with Gasteiger partial charge in [-0.05, 0) is 43.2 Å². The van der Waals surface area contributed by atoms with E-state index in [0.717, 1.165) is 16.7 Å². The minimum Gasteiger partial charge on any atom is -0.434 e. The van der Waals surface area contributed by atoms with Gasteiger partial charge in [0.05, 0.1) is 11.9 Å². The van der Waals surface area contributed by atoms with Crippen LogP contribution in [-0.4, -0.2) is 9.97 Å². The van der Waals surface area contributed by atoms with Crippen LogP contribution in [0.15, 0.2) is 34.9 Å². The van der Waals surface area contributed by atoms with Gasteiger partial charge >= 0.3 is 0 Å². The predicted octanol–water partition coefficient (Wildman–Crippen LogP) is 3.09. The summed E-state index contributed by atoms with van der Waals surface area (Å²) >= 11 is 0. The second-order valence-corrected chi connectivity index (χ2v) is 4.43. The second-order valence-electron chi connectivity index (χ2n) is 4.43. The average molecular weight is 239 g/mol. The number of rotatable bonds is 1. The van der Waals surface area contributed by atoms with E-state index >= 15 is 0 Å². The molecule has 0 spiro atoms. The van der Waals surface area contributed by atoms with Crippen LogP contribution in [0.25, 0.3) is 22.7 Å². The van der Waals surface area contributed by atoms with Crippen molar-refractivity contribution >= 4 is 16.8 Å². The summed E-state index contributed by atoms with van der Waals surface area (Å²) in [6, 6.07) is 7.68. The Kier molecular flexibility index (Phi) is 2.30. The van der Waals surface area contributed by atoms with Crippen LogP contribution in [0.5, 0.6) is 0 Å². The highest BCUT2D eigenvalue weighted by Crippen LogP contribution is 2.26. The highest BCUT2D eigenvalue weighted by Gasteiger charge is 2.11. The molecule has 3 aromatic rings. The first-order valence-corrected chi connectivity index (χ1v) is 5.73. The average Bonchev–Trinajstić information content (AvgIpc) is 2.74. The molecule has 0 radical (unpaired) electrons. The van der Waals surface area contributed by atoms with Crippen LogP contribution < -0.4 is 5.73 Å². The molecule has 0 atom stereocenters. The molecule has 0 unspecified atom stereocenters. The van der Waals surface area contributed by atoms with Crippen LogP contribution in [0.3, 0.4) is 0 Å². The Hall–Kier alpha value is -2.36.